The molecule has 0 heterocycles. The highest BCUT2D eigenvalue weighted by atomic mass is 32.2. The van der Waals surface area contributed by atoms with E-state index in [4.69, 9.17) is 5.73 Å². The molecule has 1 aromatic rings. The van der Waals surface area contributed by atoms with Gasteiger partial charge in [0.05, 0.1) is 5.25 Å². The predicted molar refractivity (Wildman–Crippen MR) is 62.3 cm³/mol. The molecule has 0 spiro atoms. The average molecular weight is 245 g/mol. The average Bonchev–Trinajstić information content (AvgIpc) is 2.28. The first-order valence-corrected chi connectivity index (χ1v) is 6.82. The van der Waals surface area contributed by atoms with Crippen molar-refractivity contribution in [1.29, 1.82) is 0 Å². The molecule has 3 nitrogen and oxygen atoms in total. The largest absolute Gasteiger partial charge is 0.323 e. The van der Waals surface area contributed by atoms with E-state index in [1.807, 2.05) is 0 Å². The fourth-order valence-corrected chi connectivity index (χ4v) is 2.57. The molecular formula is C11H16FNO2S. The van der Waals surface area contributed by atoms with Gasteiger partial charge in [0, 0.05) is 11.8 Å². The lowest BCUT2D eigenvalue weighted by molar-refractivity contribution is 0.565. The second kappa shape index (κ2) is 4.93. The highest BCUT2D eigenvalue weighted by Crippen LogP contribution is 2.20. The molecule has 1 aromatic carbocycles. The van der Waals surface area contributed by atoms with Crippen LogP contribution in [0.1, 0.15) is 25.5 Å². The van der Waals surface area contributed by atoms with E-state index in [-0.39, 0.29) is 11.6 Å². The van der Waals surface area contributed by atoms with Crippen LogP contribution in [0.15, 0.2) is 24.3 Å². The predicted octanol–water partition coefficient (Wildman–Crippen LogP) is 1.65. The molecule has 0 aliphatic carbocycles. The van der Waals surface area contributed by atoms with Crippen molar-refractivity contribution in [3.8, 4) is 0 Å². The molecule has 1 rings (SSSR count). The highest BCUT2D eigenvalue weighted by Gasteiger charge is 2.26. The second-order valence-corrected chi connectivity index (χ2v) is 6.38. The fraction of sp³-hybridized carbons (Fsp3) is 0.455. The van der Waals surface area contributed by atoms with Gasteiger partial charge in [-0.1, -0.05) is 19.1 Å². The van der Waals surface area contributed by atoms with Gasteiger partial charge in [0.2, 0.25) is 0 Å². The molecule has 0 saturated heterocycles. The molecule has 2 atom stereocenters. The molecule has 2 N–H and O–H groups in total. The van der Waals surface area contributed by atoms with Gasteiger partial charge in [-0.3, -0.25) is 0 Å². The monoisotopic (exact) mass is 245 g/mol. The smallest absolute Gasteiger partial charge is 0.154 e. The number of halogens is 1. The topological polar surface area (TPSA) is 60.2 Å². The minimum atomic E-state index is -3.17. The molecule has 0 radical (unpaired) electrons. The molecular weight excluding hydrogens is 229 g/mol. The van der Waals surface area contributed by atoms with Crippen LogP contribution in [0.5, 0.6) is 0 Å². The minimum absolute atomic E-state index is 0.0586. The lowest BCUT2D eigenvalue weighted by Gasteiger charge is -2.19. The summed E-state index contributed by atoms with van der Waals surface area (Å²) in [6, 6.07) is 4.97. The summed E-state index contributed by atoms with van der Waals surface area (Å²) in [6.07, 6.45) is 0. The van der Waals surface area contributed by atoms with Crippen molar-refractivity contribution >= 4 is 9.84 Å². The Morgan fingerprint density at radius 3 is 2.25 bits per heavy atom. The minimum Gasteiger partial charge on any atom is -0.323 e. The molecule has 16 heavy (non-hydrogen) atoms. The molecule has 0 bridgehead atoms. The fourth-order valence-electron chi connectivity index (χ4n) is 1.44. The highest BCUT2D eigenvalue weighted by molar-refractivity contribution is 7.92. The van der Waals surface area contributed by atoms with Gasteiger partial charge in [0.15, 0.2) is 9.84 Å². The second-order valence-electron chi connectivity index (χ2n) is 3.73. The SMILES string of the molecule is CCS(=O)(=O)C(C)C(N)c1ccc(F)cc1. The van der Waals surface area contributed by atoms with E-state index in [9.17, 15) is 12.8 Å². The Morgan fingerprint density at radius 2 is 1.81 bits per heavy atom. The normalized spacial score (nSPS) is 15.8. The van der Waals surface area contributed by atoms with Crippen molar-refractivity contribution < 1.29 is 12.8 Å². The van der Waals surface area contributed by atoms with Crippen LogP contribution in [0.4, 0.5) is 4.39 Å². The summed E-state index contributed by atoms with van der Waals surface area (Å²) in [7, 11) is -3.17. The molecule has 0 saturated carbocycles. The van der Waals surface area contributed by atoms with Crippen molar-refractivity contribution in [1.82, 2.24) is 0 Å². The molecule has 0 aromatic heterocycles. The van der Waals surface area contributed by atoms with Crippen LogP contribution in [0.25, 0.3) is 0 Å². The van der Waals surface area contributed by atoms with Crippen molar-refractivity contribution in [2.24, 2.45) is 5.73 Å². The Balaban J connectivity index is 2.94. The Bertz CT molecular complexity index is 442. The van der Waals surface area contributed by atoms with Gasteiger partial charge in [-0.25, -0.2) is 12.8 Å². The Morgan fingerprint density at radius 1 is 1.31 bits per heavy atom. The van der Waals surface area contributed by atoms with Crippen molar-refractivity contribution in [3.05, 3.63) is 35.6 Å². The van der Waals surface area contributed by atoms with E-state index >= 15 is 0 Å². The standard InChI is InChI=1S/C11H16FNO2S/c1-3-16(14,15)8(2)11(13)9-4-6-10(12)7-5-9/h4-8,11H,3,13H2,1-2H3. The molecule has 0 aliphatic heterocycles. The zero-order valence-corrected chi connectivity index (χ0v) is 10.2. The molecule has 0 amide bonds. The first-order valence-electron chi connectivity index (χ1n) is 5.11. The van der Waals surface area contributed by atoms with E-state index < -0.39 is 21.1 Å². The zero-order chi connectivity index (χ0) is 12.3. The summed E-state index contributed by atoms with van der Waals surface area (Å²) in [4.78, 5) is 0. The van der Waals surface area contributed by atoms with Crippen LogP contribution in [0, 0.1) is 5.82 Å². The van der Waals surface area contributed by atoms with Gasteiger partial charge in [0.1, 0.15) is 5.82 Å². The van der Waals surface area contributed by atoms with E-state index in [0.717, 1.165) is 0 Å². The zero-order valence-electron chi connectivity index (χ0n) is 9.35. The van der Waals surface area contributed by atoms with E-state index in [1.165, 1.54) is 24.3 Å². The molecule has 0 aliphatic rings. The third-order valence-electron chi connectivity index (χ3n) is 2.73. The van der Waals surface area contributed by atoms with Gasteiger partial charge >= 0.3 is 0 Å². The van der Waals surface area contributed by atoms with Gasteiger partial charge < -0.3 is 5.73 Å². The molecule has 5 heteroatoms. The van der Waals surface area contributed by atoms with Crippen LogP contribution < -0.4 is 5.73 Å². The molecule has 0 fully saturated rings. The third-order valence-corrected chi connectivity index (χ3v) is 4.96. The van der Waals surface area contributed by atoms with Gasteiger partial charge in [-0.2, -0.15) is 0 Å². The van der Waals surface area contributed by atoms with Crippen LogP contribution in [0.3, 0.4) is 0 Å². The van der Waals surface area contributed by atoms with Crippen molar-refractivity contribution in [3.63, 3.8) is 0 Å². The third kappa shape index (κ3) is 2.80. The van der Waals surface area contributed by atoms with E-state index in [2.05, 4.69) is 0 Å². The number of benzene rings is 1. The van der Waals surface area contributed by atoms with Crippen LogP contribution in [0.2, 0.25) is 0 Å². The van der Waals surface area contributed by atoms with Gasteiger partial charge in [0.25, 0.3) is 0 Å². The first-order chi connectivity index (χ1) is 7.38. The first kappa shape index (κ1) is 13.1. The number of hydrogen-bond donors (Lipinski definition) is 1. The van der Waals surface area contributed by atoms with Gasteiger partial charge in [-0.05, 0) is 24.6 Å². The van der Waals surface area contributed by atoms with Gasteiger partial charge in [-0.15, -0.1) is 0 Å². The van der Waals surface area contributed by atoms with Crippen molar-refractivity contribution in [2.75, 3.05) is 5.75 Å². The molecule has 90 valence electrons. The number of sulfone groups is 1. The van der Waals surface area contributed by atoms with E-state index in [1.54, 1.807) is 13.8 Å². The summed E-state index contributed by atoms with van der Waals surface area (Å²) in [5, 5.41) is -0.664. The maximum Gasteiger partial charge on any atom is 0.154 e. The summed E-state index contributed by atoms with van der Waals surface area (Å²) in [5.74, 6) is -0.301. The number of rotatable bonds is 4. The summed E-state index contributed by atoms with van der Waals surface area (Å²) >= 11 is 0. The lowest BCUT2D eigenvalue weighted by Crippen LogP contribution is -2.32. The summed E-state index contributed by atoms with van der Waals surface area (Å²) in [6.45, 7) is 3.16. The Hall–Kier alpha value is -0.940. The Kier molecular flexibility index (Phi) is 4.04. The van der Waals surface area contributed by atoms with Crippen molar-refractivity contribution in [2.45, 2.75) is 25.1 Å². The van der Waals surface area contributed by atoms with Crippen LogP contribution in [-0.2, 0) is 9.84 Å². The maximum atomic E-state index is 12.7. The van der Waals surface area contributed by atoms with Crippen LogP contribution >= 0.6 is 0 Å². The van der Waals surface area contributed by atoms with E-state index in [0.29, 0.717) is 5.56 Å². The summed E-state index contributed by atoms with van der Waals surface area (Å²) < 4.78 is 35.9. The molecule has 2 unspecified atom stereocenters. The number of nitrogens with two attached hydrogens (primary N) is 1. The number of hydrogen-bond acceptors (Lipinski definition) is 3. The Labute approximate surface area is 95.4 Å². The quantitative estimate of drug-likeness (QED) is 0.877. The maximum absolute atomic E-state index is 12.7. The van der Waals surface area contributed by atoms with Crippen LogP contribution in [-0.4, -0.2) is 19.4 Å². The lowest BCUT2D eigenvalue weighted by atomic mass is 10.1. The summed E-state index contributed by atoms with van der Waals surface area (Å²) in [5.41, 5.74) is 6.48.